The normalized spacial score (nSPS) is 11.9. The van der Waals surface area contributed by atoms with E-state index in [9.17, 15) is 0 Å². The molecule has 0 amide bonds. The molecule has 0 atom stereocenters. The summed E-state index contributed by atoms with van der Waals surface area (Å²) in [6.45, 7) is 8.92. The summed E-state index contributed by atoms with van der Waals surface area (Å²) >= 11 is -2.50. The second kappa shape index (κ2) is 9.81. The first-order chi connectivity index (χ1) is 13.5. The molecule has 0 aromatic heterocycles. The molecule has 3 rings (SSSR count). The van der Waals surface area contributed by atoms with Crippen LogP contribution >= 0.6 is 8.51 Å². The number of para-hydroxylation sites is 1. The predicted molar refractivity (Wildman–Crippen MR) is 126 cm³/mol. The van der Waals surface area contributed by atoms with Gasteiger partial charge < -0.3 is 0 Å². The van der Waals surface area contributed by atoms with Crippen molar-refractivity contribution in [2.75, 3.05) is 0 Å². The summed E-state index contributed by atoms with van der Waals surface area (Å²) in [4.78, 5) is 5.00. The molecule has 0 aliphatic carbocycles. The van der Waals surface area contributed by atoms with Gasteiger partial charge >= 0.3 is 182 Å². The molecule has 0 fully saturated rings. The minimum absolute atomic E-state index is 0.435. The minimum atomic E-state index is -2.50. The van der Waals surface area contributed by atoms with Crippen molar-refractivity contribution in [3.8, 4) is 0 Å². The van der Waals surface area contributed by atoms with Crippen LogP contribution in [0.1, 0.15) is 56.2 Å². The molecule has 0 unspecified atom stereocenters. The van der Waals surface area contributed by atoms with Crippen LogP contribution in [0.5, 0.6) is 0 Å². The number of halogens is 1. The number of hydrogen-bond acceptors (Lipinski definition) is 1. The van der Waals surface area contributed by atoms with E-state index in [4.69, 9.17) is 13.5 Å². The van der Waals surface area contributed by atoms with E-state index in [-0.39, 0.29) is 0 Å². The summed E-state index contributed by atoms with van der Waals surface area (Å²) in [6.07, 6.45) is 2.02. The Hall–Kier alpha value is -1.50. The standard InChI is InChI=1S/C19H22N.C6H5.Bi.ClH/c1-14(2)17-11-8-12-18(15(3)4)19(17)20-13-16-9-6-5-7-10-16;1-2-4-6-5-3-1;;/h5-9,11-15H,1-4H3;1-5H;;1H/q;;+1;/p-1. The Bertz CT molecular complexity index is 922. The topological polar surface area (TPSA) is 12.4 Å². The Balaban J connectivity index is 2.03. The Morgan fingerprint density at radius 1 is 0.750 bits per heavy atom. The fraction of sp³-hybridized carbons (Fsp3) is 0.240. The first-order valence-electron chi connectivity index (χ1n) is 9.76. The Morgan fingerprint density at radius 3 is 1.93 bits per heavy atom. The van der Waals surface area contributed by atoms with E-state index in [0.29, 0.717) is 11.8 Å². The zero-order chi connectivity index (χ0) is 20.1. The summed E-state index contributed by atoms with van der Waals surface area (Å²) in [6, 6.07) is 25.5. The zero-order valence-corrected chi connectivity index (χ0v) is 21.2. The van der Waals surface area contributed by atoms with Crippen molar-refractivity contribution in [1.82, 2.24) is 0 Å². The van der Waals surface area contributed by atoms with Gasteiger partial charge in [-0.15, -0.1) is 0 Å². The average molecular weight is 586 g/mol. The van der Waals surface area contributed by atoms with E-state index < -0.39 is 20.6 Å². The van der Waals surface area contributed by atoms with Gasteiger partial charge in [0.25, 0.3) is 0 Å². The van der Waals surface area contributed by atoms with Gasteiger partial charge in [-0.2, -0.15) is 0 Å². The van der Waals surface area contributed by atoms with Crippen LogP contribution in [0.3, 0.4) is 0 Å². The number of nitrogens with zero attached hydrogens (tertiary/aromatic N) is 1. The van der Waals surface area contributed by atoms with E-state index in [1.54, 1.807) is 0 Å². The van der Waals surface area contributed by atoms with Crippen molar-refractivity contribution >= 4 is 47.5 Å². The second-order valence-corrected chi connectivity index (χ2v) is 16.6. The van der Waals surface area contributed by atoms with Crippen LogP contribution in [0.15, 0.2) is 77.8 Å². The summed E-state index contributed by atoms with van der Waals surface area (Å²) in [5.41, 5.74) is 4.86. The van der Waals surface area contributed by atoms with Gasteiger partial charge in [0.2, 0.25) is 0 Å². The van der Waals surface area contributed by atoms with Crippen molar-refractivity contribution in [2.45, 2.75) is 39.5 Å². The van der Waals surface area contributed by atoms with Crippen LogP contribution in [0, 0.1) is 0 Å². The van der Waals surface area contributed by atoms with Crippen molar-refractivity contribution in [1.29, 1.82) is 0 Å². The molecule has 3 aromatic carbocycles. The molecule has 144 valence electrons. The first kappa shape index (κ1) is 21.2. The fourth-order valence-corrected chi connectivity index (χ4v) is 10.6. The monoisotopic (exact) mass is 585 g/mol. The molecule has 0 spiro atoms. The van der Waals surface area contributed by atoms with E-state index in [2.05, 4.69) is 94.4 Å². The molecule has 0 saturated heterocycles. The molecular weight excluding hydrogens is 559 g/mol. The van der Waals surface area contributed by atoms with E-state index in [1.165, 1.54) is 17.7 Å². The molecule has 1 nitrogen and oxygen atoms in total. The predicted octanol–water partition coefficient (Wildman–Crippen LogP) is 6.03. The van der Waals surface area contributed by atoms with E-state index in [0.717, 1.165) is 11.3 Å². The molecule has 0 aliphatic heterocycles. The summed E-state index contributed by atoms with van der Waals surface area (Å²) < 4.78 is 2.58. The van der Waals surface area contributed by atoms with Gasteiger partial charge in [-0.1, -0.05) is 0 Å². The van der Waals surface area contributed by atoms with Crippen LogP contribution in [-0.2, 0) is 0 Å². The quantitative estimate of drug-likeness (QED) is 0.248. The van der Waals surface area contributed by atoms with Crippen LogP contribution in [-0.4, -0.2) is 26.8 Å². The van der Waals surface area contributed by atoms with Crippen molar-refractivity contribution in [3.05, 3.63) is 89.5 Å². The third-order valence-electron chi connectivity index (χ3n) is 4.81. The average Bonchev–Trinajstić information content (AvgIpc) is 2.72. The summed E-state index contributed by atoms with van der Waals surface area (Å²) in [5.74, 6) is 0.870. The van der Waals surface area contributed by atoms with Gasteiger partial charge in [0.05, 0.1) is 0 Å². The Kier molecular flexibility index (Phi) is 7.44. The molecule has 28 heavy (non-hydrogen) atoms. The molecule has 0 heterocycles. The molecule has 3 heteroatoms. The van der Waals surface area contributed by atoms with Crippen molar-refractivity contribution < 1.29 is 0 Å². The van der Waals surface area contributed by atoms with Crippen LogP contribution in [0.4, 0.5) is 5.69 Å². The Labute approximate surface area is 180 Å². The fourth-order valence-electron chi connectivity index (χ4n) is 3.27. The molecular formula is C25H27BiClN. The van der Waals surface area contributed by atoms with E-state index >= 15 is 0 Å². The number of rotatable bonds is 6. The van der Waals surface area contributed by atoms with Gasteiger partial charge in [-0.3, -0.25) is 0 Å². The summed E-state index contributed by atoms with van der Waals surface area (Å²) in [5, 5.41) is 0. The van der Waals surface area contributed by atoms with Crippen LogP contribution in [0.2, 0.25) is 0 Å². The van der Waals surface area contributed by atoms with Crippen molar-refractivity contribution in [2.24, 2.45) is 4.99 Å². The molecule has 3 aromatic rings. The maximum absolute atomic E-state index is 7.02. The molecule has 0 aliphatic rings. The SMILES string of the molecule is CC(C)c1cccc(C(C)C)c1N=Cc1cccc[c]1[Bi]([Cl])[c]1ccccc1. The number of hydrogen-bond donors (Lipinski definition) is 0. The van der Waals surface area contributed by atoms with Gasteiger partial charge in [0.15, 0.2) is 0 Å². The summed E-state index contributed by atoms with van der Waals surface area (Å²) in [7, 11) is 7.02. The van der Waals surface area contributed by atoms with Gasteiger partial charge in [0.1, 0.15) is 0 Å². The first-order valence-corrected chi connectivity index (χ1v) is 17.5. The number of benzene rings is 3. The zero-order valence-electron chi connectivity index (χ0n) is 16.9. The Morgan fingerprint density at radius 2 is 1.32 bits per heavy atom. The number of aliphatic imine (C=N–C) groups is 1. The van der Waals surface area contributed by atoms with Gasteiger partial charge in [-0.25, -0.2) is 0 Å². The van der Waals surface area contributed by atoms with Crippen LogP contribution in [0.25, 0.3) is 0 Å². The van der Waals surface area contributed by atoms with Gasteiger partial charge in [0, 0.05) is 0 Å². The van der Waals surface area contributed by atoms with E-state index in [1.807, 2.05) is 12.3 Å². The third kappa shape index (κ3) is 4.91. The maximum atomic E-state index is 7.02. The third-order valence-corrected chi connectivity index (χ3v) is 14.3. The molecule has 0 saturated carbocycles. The van der Waals surface area contributed by atoms with Crippen molar-refractivity contribution in [3.63, 3.8) is 0 Å². The molecule has 0 radical (unpaired) electrons. The van der Waals surface area contributed by atoms with Crippen LogP contribution < -0.4 is 6.54 Å². The molecule has 0 N–H and O–H groups in total. The van der Waals surface area contributed by atoms with Gasteiger partial charge in [-0.05, 0) is 0 Å². The molecule has 0 bridgehead atoms. The second-order valence-electron chi connectivity index (χ2n) is 7.53.